The second kappa shape index (κ2) is 6.59. The number of nitrogen functional groups attached to an aromatic ring is 1. The molecule has 0 saturated heterocycles. The van der Waals surface area contributed by atoms with E-state index in [1.54, 1.807) is 9.13 Å². The molecule has 0 bridgehead atoms. The van der Waals surface area contributed by atoms with Crippen LogP contribution in [0, 0.1) is 0 Å². The van der Waals surface area contributed by atoms with Gasteiger partial charge in [-0.15, -0.1) is 0 Å². The van der Waals surface area contributed by atoms with Crippen molar-refractivity contribution >= 4 is 17.1 Å². The summed E-state index contributed by atoms with van der Waals surface area (Å²) >= 11 is 0. The van der Waals surface area contributed by atoms with Crippen molar-refractivity contribution in [1.82, 2.24) is 19.1 Å². The monoisotopic (exact) mass is 315 g/mol. The van der Waals surface area contributed by atoms with Crippen LogP contribution in [-0.4, -0.2) is 37.4 Å². The van der Waals surface area contributed by atoms with Gasteiger partial charge in [0.1, 0.15) is 6.73 Å². The average Bonchev–Trinajstić information content (AvgIpc) is 2.97. The van der Waals surface area contributed by atoms with Crippen molar-refractivity contribution in [1.29, 1.82) is 0 Å². The molecule has 3 aromatic rings. The fourth-order valence-electron chi connectivity index (χ4n) is 2.38. The van der Waals surface area contributed by atoms with Crippen molar-refractivity contribution in [2.45, 2.75) is 13.3 Å². The number of imidazole rings is 1. The molecule has 2 heterocycles. The first-order chi connectivity index (χ1) is 11.2. The summed E-state index contributed by atoms with van der Waals surface area (Å²) in [7, 11) is 0. The second-order valence-corrected chi connectivity index (χ2v) is 4.99. The van der Waals surface area contributed by atoms with Crippen LogP contribution in [0.5, 0.6) is 0 Å². The maximum absolute atomic E-state index is 12.0. The van der Waals surface area contributed by atoms with Crippen LogP contribution < -0.4 is 11.3 Å². The van der Waals surface area contributed by atoms with Crippen molar-refractivity contribution in [3.63, 3.8) is 0 Å². The summed E-state index contributed by atoms with van der Waals surface area (Å²) < 4.78 is 8.71. The van der Waals surface area contributed by atoms with Gasteiger partial charge >= 0.3 is 5.56 Å². The number of anilines is 1. The number of hydrogen-bond acceptors (Lipinski definition) is 6. The Bertz CT molecular complexity index is 857. The standard InChI is InChI=1S/C15H17N5O3/c16-15-18-13(22)12-14(19(9-17-12)10-23-7-6-21)20(15)8-11-4-2-1-3-5-11/h1-5,9,21H,6-8,10H2,(H2,16,18,22). The van der Waals surface area contributed by atoms with Gasteiger partial charge in [0.2, 0.25) is 5.95 Å². The molecule has 0 saturated carbocycles. The molecule has 0 amide bonds. The number of aromatic nitrogens is 4. The third-order valence-corrected chi connectivity index (χ3v) is 3.41. The van der Waals surface area contributed by atoms with Gasteiger partial charge in [0.05, 0.1) is 26.1 Å². The quantitative estimate of drug-likeness (QED) is 0.629. The molecule has 0 spiro atoms. The van der Waals surface area contributed by atoms with Gasteiger partial charge in [-0.25, -0.2) is 4.98 Å². The van der Waals surface area contributed by atoms with Gasteiger partial charge in [-0.1, -0.05) is 30.3 Å². The van der Waals surface area contributed by atoms with Crippen LogP contribution in [0.25, 0.3) is 11.2 Å². The lowest BCUT2D eigenvalue weighted by Crippen LogP contribution is -2.20. The van der Waals surface area contributed by atoms with Gasteiger partial charge in [-0.05, 0) is 5.56 Å². The molecule has 0 aliphatic rings. The fraction of sp³-hybridized carbons (Fsp3) is 0.267. The number of aliphatic hydroxyl groups is 1. The zero-order valence-corrected chi connectivity index (χ0v) is 12.4. The summed E-state index contributed by atoms with van der Waals surface area (Å²) in [6.45, 7) is 0.743. The molecule has 3 N–H and O–H groups in total. The summed E-state index contributed by atoms with van der Waals surface area (Å²) in [6, 6.07) is 9.72. The number of hydrogen-bond donors (Lipinski definition) is 2. The normalized spacial score (nSPS) is 11.2. The highest BCUT2D eigenvalue weighted by molar-refractivity contribution is 5.71. The Labute approximate surface area is 131 Å². The molecule has 0 atom stereocenters. The molecule has 3 rings (SSSR count). The molecular weight excluding hydrogens is 298 g/mol. The predicted molar refractivity (Wildman–Crippen MR) is 84.8 cm³/mol. The molecule has 2 aromatic heterocycles. The Hall–Kier alpha value is -2.71. The van der Waals surface area contributed by atoms with E-state index in [4.69, 9.17) is 15.6 Å². The number of rotatable bonds is 6. The van der Waals surface area contributed by atoms with Crippen molar-refractivity contribution < 1.29 is 9.84 Å². The van der Waals surface area contributed by atoms with Crippen LogP contribution in [-0.2, 0) is 18.0 Å². The molecule has 8 nitrogen and oxygen atoms in total. The Kier molecular flexibility index (Phi) is 4.35. The fourth-order valence-corrected chi connectivity index (χ4v) is 2.38. The van der Waals surface area contributed by atoms with E-state index in [0.717, 1.165) is 5.56 Å². The highest BCUT2D eigenvalue weighted by atomic mass is 16.5. The summed E-state index contributed by atoms with van der Waals surface area (Å²) in [4.78, 5) is 19.9. The van der Waals surface area contributed by atoms with Gasteiger partial charge in [-0.2, -0.15) is 4.98 Å². The highest BCUT2D eigenvalue weighted by Gasteiger charge is 2.15. The molecule has 0 unspecified atom stereocenters. The molecule has 120 valence electrons. The van der Waals surface area contributed by atoms with Gasteiger partial charge in [0.15, 0.2) is 11.2 Å². The van der Waals surface area contributed by atoms with E-state index in [1.807, 2.05) is 30.3 Å². The third kappa shape index (κ3) is 3.08. The molecule has 0 aliphatic heterocycles. The lowest BCUT2D eigenvalue weighted by molar-refractivity contribution is 0.0496. The van der Waals surface area contributed by atoms with Crippen molar-refractivity contribution in [3.8, 4) is 0 Å². The number of nitrogens with two attached hydrogens (primary N) is 1. The first-order valence-electron chi connectivity index (χ1n) is 7.14. The van der Waals surface area contributed by atoms with Crippen LogP contribution in [0.2, 0.25) is 0 Å². The molecule has 8 heteroatoms. The van der Waals surface area contributed by atoms with E-state index < -0.39 is 5.56 Å². The van der Waals surface area contributed by atoms with Crippen LogP contribution in [0.1, 0.15) is 5.56 Å². The molecule has 23 heavy (non-hydrogen) atoms. The molecule has 0 radical (unpaired) electrons. The minimum absolute atomic E-state index is 0.0762. The van der Waals surface area contributed by atoms with Gasteiger partial charge in [-0.3, -0.25) is 13.9 Å². The van der Waals surface area contributed by atoms with Crippen LogP contribution in [0.4, 0.5) is 5.95 Å². The summed E-state index contributed by atoms with van der Waals surface area (Å²) in [6.07, 6.45) is 1.51. The van der Waals surface area contributed by atoms with Crippen LogP contribution >= 0.6 is 0 Å². The van der Waals surface area contributed by atoms with Crippen molar-refractivity contribution in [3.05, 3.63) is 52.6 Å². The van der Waals surface area contributed by atoms with Crippen molar-refractivity contribution in [2.24, 2.45) is 0 Å². The Morgan fingerprint density at radius 3 is 2.78 bits per heavy atom. The molecule has 1 aromatic carbocycles. The van der Waals surface area contributed by atoms with E-state index in [1.165, 1.54) is 6.33 Å². The zero-order chi connectivity index (χ0) is 16.2. The number of fused-ring (bicyclic) bond motifs is 1. The Balaban J connectivity index is 2.07. The van der Waals surface area contributed by atoms with Crippen LogP contribution in [0.3, 0.4) is 0 Å². The van der Waals surface area contributed by atoms with E-state index in [9.17, 15) is 4.79 Å². The van der Waals surface area contributed by atoms with E-state index in [-0.39, 0.29) is 31.4 Å². The number of nitrogens with zero attached hydrogens (tertiary/aromatic N) is 4. The summed E-state index contributed by atoms with van der Waals surface area (Å²) in [5.41, 5.74) is 7.29. The lowest BCUT2D eigenvalue weighted by Gasteiger charge is -2.14. The lowest BCUT2D eigenvalue weighted by atomic mass is 10.2. The zero-order valence-electron chi connectivity index (χ0n) is 12.4. The smallest absolute Gasteiger partial charge is 0.302 e. The topological polar surface area (TPSA) is 108 Å². The number of ether oxygens (including phenoxy) is 1. The summed E-state index contributed by atoms with van der Waals surface area (Å²) in [5.74, 6) is 0.121. The van der Waals surface area contributed by atoms with E-state index in [0.29, 0.717) is 12.2 Å². The van der Waals surface area contributed by atoms with E-state index in [2.05, 4.69) is 9.97 Å². The highest BCUT2D eigenvalue weighted by Crippen LogP contribution is 2.15. The molecular formula is C15H17N5O3. The minimum Gasteiger partial charge on any atom is -0.394 e. The van der Waals surface area contributed by atoms with Crippen molar-refractivity contribution in [2.75, 3.05) is 18.9 Å². The van der Waals surface area contributed by atoms with Crippen LogP contribution in [0.15, 0.2) is 41.5 Å². The average molecular weight is 315 g/mol. The van der Waals surface area contributed by atoms with Gasteiger partial charge in [0.25, 0.3) is 0 Å². The first kappa shape index (κ1) is 15.2. The Morgan fingerprint density at radius 1 is 1.26 bits per heavy atom. The number of aliphatic hydroxyl groups excluding tert-OH is 1. The van der Waals surface area contributed by atoms with Gasteiger partial charge < -0.3 is 15.6 Å². The minimum atomic E-state index is -0.470. The predicted octanol–water partition coefficient (Wildman–Crippen LogP) is 0.190. The molecule has 0 aliphatic carbocycles. The maximum Gasteiger partial charge on any atom is 0.302 e. The van der Waals surface area contributed by atoms with Gasteiger partial charge in [0, 0.05) is 0 Å². The SMILES string of the molecule is Nc1nc(=O)c2ncn(COCCO)c2n1Cc1ccccc1. The largest absolute Gasteiger partial charge is 0.394 e. The molecule has 0 fully saturated rings. The first-order valence-corrected chi connectivity index (χ1v) is 7.14. The Morgan fingerprint density at radius 2 is 2.04 bits per heavy atom. The summed E-state index contributed by atoms with van der Waals surface area (Å²) in [5, 5.41) is 8.81. The maximum atomic E-state index is 12.0. The van der Waals surface area contributed by atoms with E-state index >= 15 is 0 Å². The number of benzene rings is 1. The third-order valence-electron chi connectivity index (χ3n) is 3.41. The second-order valence-electron chi connectivity index (χ2n) is 4.99.